The number of hydrogen-bond donors (Lipinski definition) is 0. The molecule has 0 bridgehead atoms. The van der Waals surface area contributed by atoms with Crippen molar-refractivity contribution in [2.45, 2.75) is 13.3 Å². The Hall–Kier alpha value is 0.0525. The summed E-state index contributed by atoms with van der Waals surface area (Å²) in [6.07, 6.45) is 2.93. The van der Waals surface area contributed by atoms with Crippen LogP contribution in [0.1, 0.15) is 13.3 Å². The van der Waals surface area contributed by atoms with Crippen LogP contribution in [-0.2, 0) is 0 Å². The lowest BCUT2D eigenvalue weighted by atomic mass is 10.5. The largest absolute Gasteiger partial charge is 0.187 e. The molecular formula is C5H11Al. The summed E-state index contributed by atoms with van der Waals surface area (Å²) in [5.74, 6) is 0. The Morgan fingerprint density at radius 3 is 2.33 bits per heavy atom. The Kier molecular flexibility index (Phi) is 14.0. The van der Waals surface area contributed by atoms with E-state index in [1.54, 1.807) is 0 Å². The minimum atomic E-state index is 0. The molecule has 0 atom stereocenters. The molecule has 0 nitrogen and oxygen atoms in total. The molecule has 0 spiro atoms. The predicted octanol–water partition coefficient (Wildman–Crippen LogP) is 0.554. The average molecular weight is 98.1 g/mol. The van der Waals surface area contributed by atoms with Crippen LogP contribution < -0.4 is 0 Å². The molecule has 0 aliphatic rings. The van der Waals surface area contributed by atoms with Crippen molar-refractivity contribution < 1.29 is 0 Å². The van der Waals surface area contributed by atoms with Crippen molar-refractivity contribution in [3.05, 3.63) is 18.4 Å². The molecule has 0 aromatic carbocycles. The first-order valence-electron chi connectivity index (χ1n) is 1.76. The first-order chi connectivity index (χ1) is 2.41. The number of allylic oxidation sites excluding steroid dienone is 1. The maximum atomic E-state index is 3.37. The van der Waals surface area contributed by atoms with Crippen molar-refractivity contribution in [1.82, 2.24) is 0 Å². The fraction of sp³-hybridized carbons (Fsp3) is 0.400. The molecule has 0 N–H and O–H groups in total. The second kappa shape index (κ2) is 8.91. The third-order valence-corrected chi connectivity index (χ3v) is 0.348. The van der Waals surface area contributed by atoms with Crippen LogP contribution in [-0.4, -0.2) is 17.4 Å². The number of hydrogen-bond acceptors (Lipinski definition) is 0. The molecule has 0 saturated heterocycles. The van der Waals surface area contributed by atoms with E-state index in [2.05, 4.69) is 19.2 Å². The average Bonchev–Trinajstić information content (AvgIpc) is 1.41. The third kappa shape index (κ3) is 8.96. The van der Waals surface area contributed by atoms with Crippen molar-refractivity contribution in [3.8, 4) is 0 Å². The lowest BCUT2D eigenvalue weighted by Crippen LogP contribution is -1.39. The van der Waals surface area contributed by atoms with Gasteiger partial charge in [0.2, 0.25) is 0 Å². The molecule has 1 heteroatoms. The molecule has 0 aliphatic carbocycles. The van der Waals surface area contributed by atoms with Crippen molar-refractivity contribution in [1.29, 1.82) is 0 Å². The summed E-state index contributed by atoms with van der Waals surface area (Å²) in [5, 5.41) is 0. The topological polar surface area (TPSA) is 0 Å². The van der Waals surface area contributed by atoms with Gasteiger partial charge in [-0.05, 0) is 12.5 Å². The highest BCUT2D eigenvalue weighted by Crippen LogP contribution is 1.69. The van der Waals surface area contributed by atoms with Gasteiger partial charge in [0.05, 0.1) is 0 Å². The lowest BCUT2D eigenvalue weighted by Gasteiger charge is -1.59. The van der Waals surface area contributed by atoms with E-state index in [1.165, 1.54) is 0 Å². The SMILES string of the molecule is C=C=CCC.[AlH3]. The second-order valence-corrected chi connectivity index (χ2v) is 0.816. The van der Waals surface area contributed by atoms with Gasteiger partial charge in [-0.25, -0.2) is 0 Å². The van der Waals surface area contributed by atoms with Gasteiger partial charge in [0, 0.05) is 0 Å². The zero-order chi connectivity index (χ0) is 4.12. The molecule has 0 unspecified atom stereocenters. The van der Waals surface area contributed by atoms with Crippen LogP contribution in [0, 0.1) is 0 Å². The van der Waals surface area contributed by atoms with E-state index >= 15 is 0 Å². The summed E-state index contributed by atoms with van der Waals surface area (Å²) in [4.78, 5) is 0. The molecular weight excluding hydrogens is 87.0 g/mol. The molecule has 0 rings (SSSR count). The van der Waals surface area contributed by atoms with Gasteiger partial charge < -0.3 is 0 Å². The van der Waals surface area contributed by atoms with Gasteiger partial charge in [0.15, 0.2) is 17.4 Å². The Morgan fingerprint density at radius 2 is 2.33 bits per heavy atom. The third-order valence-electron chi connectivity index (χ3n) is 0.348. The lowest BCUT2D eigenvalue weighted by molar-refractivity contribution is 1.23. The van der Waals surface area contributed by atoms with Gasteiger partial charge in [-0.2, -0.15) is 0 Å². The fourth-order valence-corrected chi connectivity index (χ4v) is 0.144. The molecule has 0 radical (unpaired) electrons. The summed E-state index contributed by atoms with van der Waals surface area (Å²) < 4.78 is 0. The normalized spacial score (nSPS) is 4.83. The van der Waals surface area contributed by atoms with Gasteiger partial charge in [-0.15, -0.1) is 5.73 Å². The zero-order valence-corrected chi connectivity index (χ0v) is 3.49. The summed E-state index contributed by atoms with van der Waals surface area (Å²) in [5.41, 5.74) is 2.64. The number of rotatable bonds is 1. The van der Waals surface area contributed by atoms with Crippen LogP contribution in [0.15, 0.2) is 18.4 Å². The molecule has 0 fully saturated rings. The van der Waals surface area contributed by atoms with E-state index in [0.717, 1.165) is 6.42 Å². The van der Waals surface area contributed by atoms with Gasteiger partial charge in [0.1, 0.15) is 0 Å². The van der Waals surface area contributed by atoms with E-state index in [1.807, 2.05) is 6.08 Å². The summed E-state index contributed by atoms with van der Waals surface area (Å²) in [6, 6.07) is 0. The van der Waals surface area contributed by atoms with Gasteiger partial charge >= 0.3 is 0 Å². The predicted molar refractivity (Wildman–Crippen MR) is 33.9 cm³/mol. The molecule has 0 aromatic heterocycles. The fourth-order valence-electron chi connectivity index (χ4n) is 0.144. The molecule has 34 valence electrons. The van der Waals surface area contributed by atoms with Gasteiger partial charge in [-0.3, -0.25) is 0 Å². The van der Waals surface area contributed by atoms with Gasteiger partial charge in [0.25, 0.3) is 0 Å². The summed E-state index contributed by atoms with van der Waals surface area (Å²) in [7, 11) is 0. The standard InChI is InChI=1S/C5H8.Al.3H/c1-3-5-4-2;;;;/h5H,1,4H2,2H3;;;;. The van der Waals surface area contributed by atoms with Crippen LogP contribution >= 0.6 is 0 Å². The smallest absolute Gasteiger partial charge is 0.133 e. The molecule has 0 amide bonds. The van der Waals surface area contributed by atoms with Crippen LogP contribution in [0.2, 0.25) is 0 Å². The van der Waals surface area contributed by atoms with Crippen LogP contribution in [0.3, 0.4) is 0 Å². The monoisotopic (exact) mass is 98.1 g/mol. The maximum absolute atomic E-state index is 3.37. The minimum absolute atomic E-state index is 0. The molecule has 0 aromatic rings. The van der Waals surface area contributed by atoms with Crippen LogP contribution in [0.25, 0.3) is 0 Å². The zero-order valence-electron chi connectivity index (χ0n) is 3.49. The second-order valence-electron chi connectivity index (χ2n) is 0.816. The first-order valence-corrected chi connectivity index (χ1v) is 1.76. The maximum Gasteiger partial charge on any atom is 0.187 e. The first kappa shape index (κ1) is 9.41. The summed E-state index contributed by atoms with van der Waals surface area (Å²) >= 11 is 0. The summed E-state index contributed by atoms with van der Waals surface area (Å²) in [6.45, 7) is 5.42. The van der Waals surface area contributed by atoms with Crippen LogP contribution in [0.5, 0.6) is 0 Å². The highest BCUT2D eigenvalue weighted by atomic mass is 27.0. The highest BCUT2D eigenvalue weighted by molar-refractivity contribution is 5.75. The molecule has 0 saturated carbocycles. The molecule has 0 aliphatic heterocycles. The van der Waals surface area contributed by atoms with E-state index in [9.17, 15) is 0 Å². The van der Waals surface area contributed by atoms with Crippen molar-refractivity contribution in [2.24, 2.45) is 0 Å². The van der Waals surface area contributed by atoms with Crippen molar-refractivity contribution >= 4 is 17.4 Å². The molecule has 0 heterocycles. The minimum Gasteiger partial charge on any atom is -0.133 e. The van der Waals surface area contributed by atoms with E-state index in [-0.39, 0.29) is 17.4 Å². The highest BCUT2D eigenvalue weighted by Gasteiger charge is 1.49. The van der Waals surface area contributed by atoms with E-state index in [4.69, 9.17) is 0 Å². The van der Waals surface area contributed by atoms with Gasteiger partial charge in [-0.1, -0.05) is 13.5 Å². The Balaban J connectivity index is 0. The quantitative estimate of drug-likeness (QED) is 0.332. The van der Waals surface area contributed by atoms with Crippen molar-refractivity contribution in [2.75, 3.05) is 0 Å². The Labute approximate surface area is 49.7 Å². The van der Waals surface area contributed by atoms with Crippen molar-refractivity contribution in [3.63, 3.8) is 0 Å². The van der Waals surface area contributed by atoms with E-state index < -0.39 is 0 Å². The Morgan fingerprint density at radius 1 is 1.83 bits per heavy atom. The van der Waals surface area contributed by atoms with E-state index in [0.29, 0.717) is 0 Å². The Bertz CT molecular complexity index is 51.0. The van der Waals surface area contributed by atoms with Crippen LogP contribution in [0.4, 0.5) is 0 Å². The molecule has 6 heavy (non-hydrogen) atoms.